The molecule has 0 saturated carbocycles. The molecule has 0 spiro atoms. The Labute approximate surface area is 76.2 Å². The number of nitrogens with two attached hydrogens (primary N) is 1. The molecule has 0 unspecified atom stereocenters. The maximum atomic E-state index is 8.77. The van der Waals surface area contributed by atoms with Gasteiger partial charge in [-0.2, -0.15) is 0 Å². The van der Waals surface area contributed by atoms with Gasteiger partial charge in [0.05, 0.1) is 31.1 Å². The summed E-state index contributed by atoms with van der Waals surface area (Å²) in [7, 11) is 0. The smallest absolute Gasteiger partial charge is 0.123 e. The lowest BCUT2D eigenvalue weighted by molar-refractivity contribution is 0.204. The van der Waals surface area contributed by atoms with Gasteiger partial charge in [-0.25, -0.2) is 4.98 Å². The van der Waals surface area contributed by atoms with Crippen LogP contribution in [0.25, 0.3) is 0 Å². The molecule has 5 heteroatoms. The summed E-state index contributed by atoms with van der Waals surface area (Å²) in [6.45, 7) is -0.248. The van der Waals surface area contributed by atoms with Crippen LogP contribution in [0.4, 0.5) is 11.5 Å². The van der Waals surface area contributed by atoms with Gasteiger partial charge in [-0.1, -0.05) is 0 Å². The largest absolute Gasteiger partial charge is 0.394 e. The van der Waals surface area contributed by atoms with Crippen LogP contribution >= 0.6 is 0 Å². The van der Waals surface area contributed by atoms with E-state index in [9.17, 15) is 0 Å². The zero-order valence-electron chi connectivity index (χ0n) is 7.14. The fourth-order valence-corrected chi connectivity index (χ4v) is 0.875. The second kappa shape index (κ2) is 4.64. The Morgan fingerprint density at radius 1 is 1.38 bits per heavy atom. The number of anilines is 2. The standard InChI is InChI=1S/C8H13N3O2/c9-8-2-1-6(3-10-8)11-7(4-12)5-13/h1-3,7,11-13H,4-5H2,(H2,9,10). The van der Waals surface area contributed by atoms with Gasteiger partial charge in [0.15, 0.2) is 0 Å². The van der Waals surface area contributed by atoms with E-state index < -0.39 is 0 Å². The van der Waals surface area contributed by atoms with Crippen LogP contribution < -0.4 is 11.1 Å². The Kier molecular flexibility index (Phi) is 3.48. The van der Waals surface area contributed by atoms with Crippen molar-refractivity contribution in [3.63, 3.8) is 0 Å². The molecule has 1 aromatic heterocycles. The summed E-state index contributed by atoms with van der Waals surface area (Å²) in [4.78, 5) is 3.85. The molecular weight excluding hydrogens is 170 g/mol. The molecule has 0 aliphatic carbocycles. The van der Waals surface area contributed by atoms with Crippen LogP contribution in [0.1, 0.15) is 0 Å². The van der Waals surface area contributed by atoms with E-state index in [1.165, 1.54) is 0 Å². The molecular formula is C8H13N3O2. The second-order valence-corrected chi connectivity index (χ2v) is 2.68. The monoisotopic (exact) mass is 183 g/mol. The zero-order valence-corrected chi connectivity index (χ0v) is 7.14. The molecule has 1 rings (SSSR count). The maximum Gasteiger partial charge on any atom is 0.123 e. The number of nitrogens with one attached hydrogen (secondary N) is 1. The summed E-state index contributed by atoms with van der Waals surface area (Å²) in [6.07, 6.45) is 1.55. The highest BCUT2D eigenvalue weighted by Crippen LogP contribution is 2.07. The lowest BCUT2D eigenvalue weighted by Crippen LogP contribution is -2.27. The van der Waals surface area contributed by atoms with Crippen LogP contribution in [0, 0.1) is 0 Å². The van der Waals surface area contributed by atoms with Crippen molar-refractivity contribution in [2.45, 2.75) is 6.04 Å². The number of aliphatic hydroxyl groups is 2. The maximum absolute atomic E-state index is 8.77. The Hall–Kier alpha value is -1.33. The van der Waals surface area contributed by atoms with Crippen LogP contribution in [0.5, 0.6) is 0 Å². The van der Waals surface area contributed by atoms with Crippen molar-refractivity contribution in [3.05, 3.63) is 18.3 Å². The molecule has 0 aromatic carbocycles. The minimum Gasteiger partial charge on any atom is -0.394 e. The van der Waals surface area contributed by atoms with Crippen LogP contribution in [-0.2, 0) is 0 Å². The third-order valence-electron chi connectivity index (χ3n) is 1.60. The Balaban J connectivity index is 2.58. The van der Waals surface area contributed by atoms with Crippen molar-refractivity contribution in [2.75, 3.05) is 24.3 Å². The predicted molar refractivity (Wildman–Crippen MR) is 50.2 cm³/mol. The van der Waals surface area contributed by atoms with Crippen molar-refractivity contribution in [3.8, 4) is 0 Å². The normalized spacial score (nSPS) is 10.4. The van der Waals surface area contributed by atoms with Gasteiger partial charge in [-0.05, 0) is 12.1 Å². The molecule has 5 N–H and O–H groups in total. The molecule has 0 saturated heterocycles. The highest BCUT2D eigenvalue weighted by atomic mass is 16.3. The summed E-state index contributed by atoms with van der Waals surface area (Å²) >= 11 is 0. The van der Waals surface area contributed by atoms with Crippen LogP contribution in [-0.4, -0.2) is 34.5 Å². The fourth-order valence-electron chi connectivity index (χ4n) is 0.875. The number of rotatable bonds is 4. The first-order chi connectivity index (χ1) is 6.26. The molecule has 13 heavy (non-hydrogen) atoms. The average molecular weight is 183 g/mol. The molecule has 0 aliphatic heterocycles. The Morgan fingerprint density at radius 3 is 2.54 bits per heavy atom. The van der Waals surface area contributed by atoms with Gasteiger partial charge < -0.3 is 21.3 Å². The van der Waals surface area contributed by atoms with E-state index in [1.54, 1.807) is 18.3 Å². The van der Waals surface area contributed by atoms with Gasteiger partial charge >= 0.3 is 0 Å². The van der Waals surface area contributed by atoms with Crippen molar-refractivity contribution >= 4 is 11.5 Å². The zero-order chi connectivity index (χ0) is 9.68. The van der Waals surface area contributed by atoms with Crippen molar-refractivity contribution in [1.29, 1.82) is 0 Å². The highest BCUT2D eigenvalue weighted by Gasteiger charge is 2.04. The molecule has 0 bridgehead atoms. The molecule has 0 amide bonds. The van der Waals surface area contributed by atoms with E-state index in [4.69, 9.17) is 15.9 Å². The number of aromatic nitrogens is 1. The van der Waals surface area contributed by atoms with Crippen LogP contribution in [0.15, 0.2) is 18.3 Å². The summed E-state index contributed by atoms with van der Waals surface area (Å²) in [6, 6.07) is 3.03. The quantitative estimate of drug-likeness (QED) is 0.501. The number of hydrogen-bond acceptors (Lipinski definition) is 5. The van der Waals surface area contributed by atoms with Crippen molar-refractivity contribution < 1.29 is 10.2 Å². The van der Waals surface area contributed by atoms with Gasteiger partial charge in [0.2, 0.25) is 0 Å². The van der Waals surface area contributed by atoms with E-state index in [2.05, 4.69) is 10.3 Å². The Bertz CT molecular complexity index is 246. The number of aliphatic hydroxyl groups excluding tert-OH is 2. The predicted octanol–water partition coefficient (Wildman–Crippen LogP) is -0.571. The summed E-state index contributed by atoms with van der Waals surface area (Å²) < 4.78 is 0. The molecule has 0 atom stereocenters. The van der Waals surface area contributed by atoms with Crippen molar-refractivity contribution in [2.24, 2.45) is 0 Å². The first-order valence-electron chi connectivity index (χ1n) is 3.96. The van der Waals surface area contributed by atoms with Gasteiger partial charge in [0.25, 0.3) is 0 Å². The molecule has 0 radical (unpaired) electrons. The fraction of sp³-hybridized carbons (Fsp3) is 0.375. The van der Waals surface area contributed by atoms with E-state index in [0.29, 0.717) is 5.82 Å². The third-order valence-corrected chi connectivity index (χ3v) is 1.60. The van der Waals surface area contributed by atoms with Crippen LogP contribution in [0.2, 0.25) is 0 Å². The van der Waals surface area contributed by atoms with Crippen LogP contribution in [0.3, 0.4) is 0 Å². The number of hydrogen-bond donors (Lipinski definition) is 4. The molecule has 0 aliphatic rings. The molecule has 0 fully saturated rings. The number of nitrogens with zero attached hydrogens (tertiary/aromatic N) is 1. The number of pyridine rings is 1. The summed E-state index contributed by atoms with van der Waals surface area (Å²) in [5.41, 5.74) is 6.11. The van der Waals surface area contributed by atoms with E-state index in [1.807, 2.05) is 0 Å². The van der Waals surface area contributed by atoms with Gasteiger partial charge in [0, 0.05) is 0 Å². The van der Waals surface area contributed by atoms with Gasteiger partial charge in [0.1, 0.15) is 5.82 Å². The number of nitrogen functional groups attached to an aromatic ring is 1. The molecule has 1 aromatic rings. The third kappa shape index (κ3) is 2.89. The molecule has 72 valence electrons. The molecule has 1 heterocycles. The lowest BCUT2D eigenvalue weighted by atomic mass is 10.3. The van der Waals surface area contributed by atoms with Gasteiger partial charge in [-0.3, -0.25) is 0 Å². The van der Waals surface area contributed by atoms with Crippen molar-refractivity contribution in [1.82, 2.24) is 4.98 Å². The second-order valence-electron chi connectivity index (χ2n) is 2.68. The molecule has 5 nitrogen and oxygen atoms in total. The SMILES string of the molecule is Nc1ccc(NC(CO)CO)cn1. The Morgan fingerprint density at radius 2 is 2.08 bits per heavy atom. The minimum atomic E-state index is -0.356. The highest BCUT2D eigenvalue weighted by molar-refractivity contribution is 5.45. The summed E-state index contributed by atoms with van der Waals surface area (Å²) in [5, 5.41) is 20.4. The first kappa shape index (κ1) is 9.76. The minimum absolute atomic E-state index is 0.124. The first-order valence-corrected chi connectivity index (χ1v) is 3.96. The lowest BCUT2D eigenvalue weighted by Gasteiger charge is -2.13. The van der Waals surface area contributed by atoms with Gasteiger partial charge in [-0.15, -0.1) is 0 Å². The topological polar surface area (TPSA) is 91.4 Å². The summed E-state index contributed by atoms with van der Waals surface area (Å²) in [5.74, 6) is 0.440. The van der Waals surface area contributed by atoms with E-state index in [0.717, 1.165) is 5.69 Å². The van der Waals surface area contributed by atoms with E-state index in [-0.39, 0.29) is 19.3 Å². The van der Waals surface area contributed by atoms with E-state index >= 15 is 0 Å². The average Bonchev–Trinajstić information content (AvgIpc) is 2.17.